The first-order chi connectivity index (χ1) is 15.5. The van der Waals surface area contributed by atoms with Crippen molar-refractivity contribution >= 4 is 32.4 Å². The van der Waals surface area contributed by atoms with Gasteiger partial charge in [0, 0.05) is 47.9 Å². The number of benzene rings is 2. The van der Waals surface area contributed by atoms with Gasteiger partial charge in [0.05, 0.1) is 17.3 Å². The summed E-state index contributed by atoms with van der Waals surface area (Å²) in [5.41, 5.74) is 10.6. The molecular formula is C25H29N3O4S. The Morgan fingerprint density at radius 2 is 1.79 bits per heavy atom. The van der Waals surface area contributed by atoms with Crippen LogP contribution in [0.4, 0.5) is 5.69 Å². The molecule has 1 saturated heterocycles. The molecule has 2 aromatic carbocycles. The molecule has 1 aliphatic heterocycles. The zero-order valence-corrected chi connectivity index (χ0v) is 20.2. The first-order valence-electron chi connectivity index (χ1n) is 11.2. The van der Waals surface area contributed by atoms with Gasteiger partial charge >= 0.3 is 0 Å². The average molecular weight is 468 g/mol. The third-order valence-corrected chi connectivity index (χ3v) is 8.43. The van der Waals surface area contributed by atoms with E-state index >= 15 is 0 Å². The number of sulfonamides is 1. The molecule has 0 unspecified atom stereocenters. The van der Waals surface area contributed by atoms with Crippen LogP contribution in [0.3, 0.4) is 0 Å². The molecule has 5 rings (SSSR count). The molecule has 1 aliphatic carbocycles. The van der Waals surface area contributed by atoms with Gasteiger partial charge in [0.15, 0.2) is 5.78 Å². The van der Waals surface area contributed by atoms with E-state index in [2.05, 4.69) is 18.4 Å². The monoisotopic (exact) mass is 467 g/mol. The summed E-state index contributed by atoms with van der Waals surface area (Å²) in [4.78, 5) is 13.6. The summed E-state index contributed by atoms with van der Waals surface area (Å²) in [6.45, 7) is 5.18. The molecule has 1 fully saturated rings. The third-order valence-electron chi connectivity index (χ3n) is 7.13. The fourth-order valence-electron chi connectivity index (χ4n) is 5.46. The lowest BCUT2D eigenvalue weighted by molar-refractivity contribution is 0.103. The lowest BCUT2D eigenvalue weighted by Gasteiger charge is -2.34. The van der Waals surface area contributed by atoms with Gasteiger partial charge in [0.2, 0.25) is 10.0 Å². The molecule has 0 amide bonds. The Balaban J connectivity index is 1.50. The molecule has 2 N–H and O–H groups in total. The average Bonchev–Trinajstić information content (AvgIpc) is 3.05. The Labute approximate surface area is 194 Å². The largest absolute Gasteiger partial charge is 0.490 e. The molecule has 7 nitrogen and oxygen atoms in total. The van der Waals surface area contributed by atoms with E-state index < -0.39 is 15.4 Å². The van der Waals surface area contributed by atoms with E-state index in [9.17, 15) is 13.2 Å². The highest BCUT2D eigenvalue weighted by molar-refractivity contribution is 7.88. The SMILES string of the molecule is Cn1c2c(c3ccc(N)cc31)C(=O)c1ccc(OC3CCN(S(C)(=O)=O)CC3)cc1C2(C)C. The number of nitrogens with zero attached hydrogens (tertiary/aromatic N) is 2. The van der Waals surface area contributed by atoms with Crippen LogP contribution in [-0.2, 0) is 22.5 Å². The Bertz CT molecular complexity index is 1400. The molecule has 0 saturated carbocycles. The lowest BCUT2D eigenvalue weighted by Crippen LogP contribution is -2.41. The number of rotatable bonds is 3. The number of carbonyl (C=O) groups is 1. The smallest absolute Gasteiger partial charge is 0.211 e. The van der Waals surface area contributed by atoms with E-state index in [4.69, 9.17) is 10.5 Å². The summed E-state index contributed by atoms with van der Waals surface area (Å²) < 4.78 is 33.4. The van der Waals surface area contributed by atoms with Crippen molar-refractivity contribution in [2.45, 2.75) is 38.2 Å². The molecule has 0 spiro atoms. The predicted octanol–water partition coefficient (Wildman–Crippen LogP) is 3.43. The van der Waals surface area contributed by atoms with Crippen molar-refractivity contribution in [3.8, 4) is 5.75 Å². The number of piperidine rings is 1. The van der Waals surface area contributed by atoms with Gasteiger partial charge in [-0.15, -0.1) is 0 Å². The van der Waals surface area contributed by atoms with Crippen LogP contribution in [0.1, 0.15) is 53.9 Å². The molecule has 8 heteroatoms. The van der Waals surface area contributed by atoms with E-state index in [1.54, 1.807) is 0 Å². The van der Waals surface area contributed by atoms with Crippen LogP contribution in [0.5, 0.6) is 5.75 Å². The normalized spacial score (nSPS) is 18.8. The maximum atomic E-state index is 13.6. The second kappa shape index (κ2) is 7.33. The van der Waals surface area contributed by atoms with Gasteiger partial charge in [-0.2, -0.15) is 0 Å². The molecule has 33 heavy (non-hydrogen) atoms. The quantitative estimate of drug-likeness (QED) is 0.596. The van der Waals surface area contributed by atoms with Gasteiger partial charge in [0.1, 0.15) is 11.9 Å². The van der Waals surface area contributed by atoms with Crippen LogP contribution < -0.4 is 10.5 Å². The van der Waals surface area contributed by atoms with Gasteiger partial charge in [-0.05, 0) is 48.7 Å². The number of aromatic nitrogens is 1. The highest BCUT2D eigenvalue weighted by atomic mass is 32.2. The van der Waals surface area contributed by atoms with Crippen molar-refractivity contribution < 1.29 is 17.9 Å². The number of hydrogen-bond donors (Lipinski definition) is 1. The molecule has 2 aliphatic rings. The second-order valence-electron chi connectivity index (χ2n) is 9.70. The number of fused-ring (bicyclic) bond motifs is 4. The Morgan fingerprint density at radius 1 is 1.09 bits per heavy atom. The van der Waals surface area contributed by atoms with Crippen LogP contribution in [0.25, 0.3) is 10.9 Å². The summed E-state index contributed by atoms with van der Waals surface area (Å²) in [7, 11) is -1.19. The Hall–Kier alpha value is -2.84. The van der Waals surface area contributed by atoms with E-state index in [1.165, 1.54) is 10.6 Å². The fourth-order valence-corrected chi connectivity index (χ4v) is 6.34. The van der Waals surface area contributed by atoms with Gasteiger partial charge in [-0.3, -0.25) is 4.79 Å². The molecule has 0 radical (unpaired) electrons. The van der Waals surface area contributed by atoms with Crippen LogP contribution in [0, 0.1) is 0 Å². The minimum Gasteiger partial charge on any atom is -0.490 e. The minimum absolute atomic E-state index is 0.0164. The van der Waals surface area contributed by atoms with Gasteiger partial charge < -0.3 is 15.0 Å². The lowest BCUT2D eigenvalue weighted by atomic mass is 9.71. The third kappa shape index (κ3) is 3.43. The molecule has 0 bridgehead atoms. The highest BCUT2D eigenvalue weighted by Crippen LogP contribution is 2.46. The summed E-state index contributed by atoms with van der Waals surface area (Å²) in [5, 5.41) is 0.920. The molecule has 174 valence electrons. The van der Waals surface area contributed by atoms with Crippen molar-refractivity contribution in [3.63, 3.8) is 0 Å². The molecule has 2 heterocycles. The van der Waals surface area contributed by atoms with E-state index in [0.717, 1.165) is 27.7 Å². The Morgan fingerprint density at radius 3 is 2.45 bits per heavy atom. The topological polar surface area (TPSA) is 94.6 Å². The van der Waals surface area contributed by atoms with Crippen LogP contribution >= 0.6 is 0 Å². The number of anilines is 1. The van der Waals surface area contributed by atoms with Gasteiger partial charge in [0.25, 0.3) is 0 Å². The maximum Gasteiger partial charge on any atom is 0.211 e. The molecular weight excluding hydrogens is 438 g/mol. The Kier molecular flexibility index (Phi) is 4.88. The summed E-state index contributed by atoms with van der Waals surface area (Å²) in [6.07, 6.45) is 2.47. The maximum absolute atomic E-state index is 13.6. The second-order valence-corrected chi connectivity index (χ2v) is 11.7. The van der Waals surface area contributed by atoms with E-state index in [1.807, 2.05) is 43.4 Å². The van der Waals surface area contributed by atoms with Crippen molar-refractivity contribution in [2.24, 2.45) is 7.05 Å². The summed E-state index contributed by atoms with van der Waals surface area (Å²) in [5.74, 6) is 0.724. The minimum atomic E-state index is -3.17. The van der Waals surface area contributed by atoms with Crippen LogP contribution in [0.2, 0.25) is 0 Å². The molecule has 3 aromatic rings. The number of nitrogen functional groups attached to an aromatic ring is 1. The summed E-state index contributed by atoms with van der Waals surface area (Å²) >= 11 is 0. The highest BCUT2D eigenvalue weighted by Gasteiger charge is 2.41. The number of ketones is 1. The van der Waals surface area contributed by atoms with Crippen molar-refractivity contribution in [2.75, 3.05) is 25.1 Å². The van der Waals surface area contributed by atoms with Crippen molar-refractivity contribution in [1.29, 1.82) is 0 Å². The van der Waals surface area contributed by atoms with Crippen LogP contribution in [-0.4, -0.2) is 48.5 Å². The number of hydrogen-bond acceptors (Lipinski definition) is 5. The molecule has 0 atom stereocenters. The van der Waals surface area contributed by atoms with Crippen molar-refractivity contribution in [1.82, 2.24) is 8.87 Å². The predicted molar refractivity (Wildman–Crippen MR) is 129 cm³/mol. The number of aryl methyl sites for hydroxylation is 1. The van der Waals surface area contributed by atoms with E-state index in [-0.39, 0.29) is 11.9 Å². The number of nitrogens with two attached hydrogens (primary N) is 1. The zero-order chi connectivity index (χ0) is 23.7. The van der Waals surface area contributed by atoms with Gasteiger partial charge in [-0.25, -0.2) is 12.7 Å². The fraction of sp³-hybridized carbons (Fsp3) is 0.400. The first kappa shape index (κ1) is 22.0. The van der Waals surface area contributed by atoms with Crippen molar-refractivity contribution in [3.05, 3.63) is 58.8 Å². The zero-order valence-electron chi connectivity index (χ0n) is 19.4. The summed E-state index contributed by atoms with van der Waals surface area (Å²) in [6, 6.07) is 11.4. The van der Waals surface area contributed by atoms with Crippen LogP contribution in [0.15, 0.2) is 36.4 Å². The van der Waals surface area contributed by atoms with E-state index in [0.29, 0.717) is 42.9 Å². The van der Waals surface area contributed by atoms with Gasteiger partial charge in [-0.1, -0.05) is 19.9 Å². The first-order valence-corrected chi connectivity index (χ1v) is 13.0. The standard InChI is InChI=1S/C25H29N3O4S/c1-25(2)20-14-17(32-16-9-11-28(12-10-16)33(4,30)31)6-8-18(20)23(29)22-19-7-5-15(26)13-21(19)27(3)24(22)25/h5-8,13-14,16H,9-12,26H2,1-4H3. The molecule has 1 aromatic heterocycles. The number of carbonyl (C=O) groups excluding carboxylic acids is 1. The number of ether oxygens (including phenoxy) is 1.